The predicted octanol–water partition coefficient (Wildman–Crippen LogP) is 2.92. The highest BCUT2D eigenvalue weighted by Crippen LogP contribution is 2.21. The average molecular weight is 424 g/mol. The number of carbonyl (C=O) groups is 2. The summed E-state index contributed by atoms with van der Waals surface area (Å²) < 4.78 is 0. The van der Waals surface area contributed by atoms with Crippen molar-refractivity contribution in [3.8, 4) is 0 Å². The van der Waals surface area contributed by atoms with E-state index in [-0.39, 0.29) is 0 Å². The van der Waals surface area contributed by atoms with Crippen molar-refractivity contribution < 1.29 is 14.7 Å². The first-order valence-electron chi connectivity index (χ1n) is 11.0. The second kappa shape index (κ2) is 11.2. The molecule has 0 radical (unpaired) electrons. The minimum absolute atomic E-state index is 0.411. The van der Waals surface area contributed by atoms with Gasteiger partial charge in [-0.05, 0) is 24.0 Å². The van der Waals surface area contributed by atoms with Crippen LogP contribution in [0.15, 0.2) is 60.7 Å². The van der Waals surface area contributed by atoms with Gasteiger partial charge in [0.2, 0.25) is 0 Å². The molecule has 0 atom stereocenters. The molecule has 0 aromatic heterocycles. The predicted molar refractivity (Wildman–Crippen MR) is 121 cm³/mol. The summed E-state index contributed by atoms with van der Waals surface area (Å²) in [7, 11) is 0. The number of aliphatic carboxylic acids is 1. The lowest BCUT2D eigenvalue weighted by Crippen LogP contribution is -2.55. The zero-order valence-corrected chi connectivity index (χ0v) is 18.1. The van der Waals surface area contributed by atoms with Gasteiger partial charge in [0, 0.05) is 52.1 Å². The summed E-state index contributed by atoms with van der Waals surface area (Å²) in [5.74, 6) is -0.467. The third-order valence-electron chi connectivity index (χ3n) is 6.09. The average Bonchev–Trinajstić information content (AvgIpc) is 2.79. The van der Waals surface area contributed by atoms with E-state index in [2.05, 4.69) is 46.2 Å². The van der Waals surface area contributed by atoms with Crippen molar-refractivity contribution in [1.29, 1.82) is 0 Å². The summed E-state index contributed by atoms with van der Waals surface area (Å²) in [6.45, 7) is 5.20. The van der Waals surface area contributed by atoms with Gasteiger partial charge >= 0.3 is 5.97 Å². The molecule has 4 rings (SSSR count). The van der Waals surface area contributed by atoms with Gasteiger partial charge in [0.15, 0.2) is 0 Å². The summed E-state index contributed by atoms with van der Waals surface area (Å²) in [4.78, 5) is 26.6. The number of benzene rings is 2. The van der Waals surface area contributed by atoms with E-state index < -0.39 is 11.5 Å². The van der Waals surface area contributed by atoms with Crippen LogP contribution in [0.25, 0.3) is 0 Å². The second-order valence-corrected chi connectivity index (χ2v) is 8.52. The number of carboxylic acids is 1. The molecule has 2 aromatic carbocycles. The Morgan fingerprint density at radius 1 is 0.806 bits per heavy atom. The molecular formula is C25H33N3O3. The molecule has 166 valence electrons. The van der Waals surface area contributed by atoms with Gasteiger partial charge in [0.1, 0.15) is 11.3 Å². The summed E-state index contributed by atoms with van der Waals surface area (Å²) >= 11 is 0. The van der Waals surface area contributed by atoms with Crippen molar-refractivity contribution in [2.45, 2.75) is 44.3 Å². The lowest BCUT2D eigenvalue weighted by atomic mass is 9.88. The third-order valence-corrected chi connectivity index (χ3v) is 6.09. The summed E-state index contributed by atoms with van der Waals surface area (Å²) in [5, 5.41) is 9.03. The van der Waals surface area contributed by atoms with E-state index in [4.69, 9.17) is 10.8 Å². The Morgan fingerprint density at radius 2 is 1.23 bits per heavy atom. The van der Waals surface area contributed by atoms with Crippen molar-refractivity contribution in [3.05, 3.63) is 71.8 Å². The monoisotopic (exact) mass is 423 g/mol. The zero-order valence-electron chi connectivity index (χ0n) is 18.1. The number of rotatable bonds is 5. The van der Waals surface area contributed by atoms with Gasteiger partial charge in [-0.15, -0.1) is 0 Å². The van der Waals surface area contributed by atoms with E-state index in [0.29, 0.717) is 18.6 Å². The van der Waals surface area contributed by atoms with Crippen LogP contribution in [0.3, 0.4) is 0 Å². The fourth-order valence-electron chi connectivity index (χ4n) is 3.97. The number of ketones is 1. The molecule has 3 N–H and O–H groups in total. The van der Waals surface area contributed by atoms with Crippen LogP contribution in [0.5, 0.6) is 0 Å². The molecule has 2 aliphatic rings. The van der Waals surface area contributed by atoms with E-state index in [0.717, 1.165) is 52.1 Å². The number of nitrogens with two attached hydrogens (primary N) is 1. The molecule has 0 spiro atoms. The van der Waals surface area contributed by atoms with Crippen LogP contribution < -0.4 is 5.73 Å². The number of carboxylic acid groups (broad SMARTS) is 1. The Hall–Kier alpha value is -2.54. The fourth-order valence-corrected chi connectivity index (χ4v) is 3.97. The minimum Gasteiger partial charge on any atom is -0.480 e. The van der Waals surface area contributed by atoms with Crippen LogP contribution in [0.4, 0.5) is 0 Å². The Labute approximate surface area is 184 Å². The molecular weight excluding hydrogens is 390 g/mol. The van der Waals surface area contributed by atoms with Crippen molar-refractivity contribution in [2.75, 3.05) is 26.2 Å². The van der Waals surface area contributed by atoms with Gasteiger partial charge in [-0.1, -0.05) is 60.7 Å². The van der Waals surface area contributed by atoms with E-state index in [1.807, 2.05) is 24.3 Å². The van der Waals surface area contributed by atoms with Gasteiger partial charge in [-0.2, -0.15) is 0 Å². The zero-order chi connectivity index (χ0) is 22.1. The van der Waals surface area contributed by atoms with E-state index in [9.17, 15) is 9.59 Å². The minimum atomic E-state index is -1.02. The number of Topliss-reactive ketones (excluding diaryl/α,β-unsaturated/α-hetero) is 1. The summed E-state index contributed by atoms with van der Waals surface area (Å²) in [6, 6.07) is 20.6. The number of hydrogen-bond donors (Lipinski definition) is 2. The lowest BCUT2D eigenvalue weighted by molar-refractivity contribution is -0.145. The number of nitrogens with zero attached hydrogens (tertiary/aromatic N) is 2. The Balaban J connectivity index is 0.000000179. The smallest absolute Gasteiger partial charge is 0.323 e. The molecule has 6 heteroatoms. The number of carbonyl (C=O) groups excluding carboxylic acids is 1. The number of likely N-dealkylation sites (tertiary alicyclic amines) is 2. The molecule has 31 heavy (non-hydrogen) atoms. The van der Waals surface area contributed by atoms with E-state index in [1.165, 1.54) is 11.1 Å². The molecule has 2 fully saturated rings. The molecule has 2 heterocycles. The van der Waals surface area contributed by atoms with Crippen molar-refractivity contribution in [2.24, 2.45) is 5.73 Å². The summed E-state index contributed by atoms with van der Waals surface area (Å²) in [5.41, 5.74) is 7.40. The molecule has 0 saturated carbocycles. The topological polar surface area (TPSA) is 86.9 Å². The van der Waals surface area contributed by atoms with E-state index >= 15 is 0 Å². The van der Waals surface area contributed by atoms with E-state index in [1.54, 1.807) is 0 Å². The van der Waals surface area contributed by atoms with Crippen LogP contribution in [0, 0.1) is 0 Å². The quantitative estimate of drug-likeness (QED) is 0.769. The Bertz CT molecular complexity index is 824. The maximum absolute atomic E-state index is 11.0. The Morgan fingerprint density at radius 3 is 1.65 bits per heavy atom. The largest absolute Gasteiger partial charge is 0.480 e. The fraction of sp³-hybridized carbons (Fsp3) is 0.440. The first kappa shape index (κ1) is 23.1. The first-order valence-corrected chi connectivity index (χ1v) is 11.0. The molecule has 0 unspecified atom stereocenters. The van der Waals surface area contributed by atoms with Crippen LogP contribution in [-0.4, -0.2) is 58.4 Å². The molecule has 0 amide bonds. The van der Waals surface area contributed by atoms with Crippen LogP contribution in [-0.2, 0) is 22.7 Å². The standard InChI is InChI=1S/C13H18N2O2.C12H15NO/c14-13(12(16)17)6-8-15(9-7-13)10-11-4-2-1-3-5-11;14-12-6-8-13(9-7-12)10-11-4-2-1-3-5-11/h1-5H,6-10,14H2,(H,16,17);1-5H,6-10H2. The van der Waals surface area contributed by atoms with Crippen molar-refractivity contribution >= 4 is 11.8 Å². The molecule has 2 saturated heterocycles. The maximum Gasteiger partial charge on any atom is 0.323 e. The normalized spacial score (nSPS) is 19.3. The number of piperidine rings is 2. The molecule has 6 nitrogen and oxygen atoms in total. The van der Waals surface area contributed by atoms with Crippen LogP contribution in [0.2, 0.25) is 0 Å². The van der Waals surface area contributed by atoms with Crippen molar-refractivity contribution in [1.82, 2.24) is 9.80 Å². The summed E-state index contributed by atoms with van der Waals surface area (Å²) in [6.07, 6.45) is 2.50. The van der Waals surface area contributed by atoms with Gasteiger partial charge in [0.25, 0.3) is 0 Å². The Kier molecular flexibility index (Phi) is 8.35. The molecule has 0 aliphatic carbocycles. The maximum atomic E-state index is 11.0. The molecule has 2 aromatic rings. The SMILES string of the molecule is NC1(C(=O)O)CCN(Cc2ccccc2)CC1.O=C1CCN(Cc2ccccc2)CC1. The highest BCUT2D eigenvalue weighted by atomic mass is 16.4. The van der Waals surface area contributed by atoms with Crippen LogP contribution in [0.1, 0.15) is 36.8 Å². The van der Waals surface area contributed by atoms with Gasteiger partial charge in [0.05, 0.1) is 0 Å². The number of hydrogen-bond acceptors (Lipinski definition) is 5. The van der Waals surface area contributed by atoms with Crippen LogP contribution >= 0.6 is 0 Å². The van der Waals surface area contributed by atoms with Crippen molar-refractivity contribution in [3.63, 3.8) is 0 Å². The first-order chi connectivity index (χ1) is 14.9. The van der Waals surface area contributed by atoms with Gasteiger partial charge in [-0.25, -0.2) is 0 Å². The third kappa shape index (κ3) is 7.28. The van der Waals surface area contributed by atoms with Gasteiger partial charge in [-0.3, -0.25) is 19.4 Å². The molecule has 2 aliphatic heterocycles. The van der Waals surface area contributed by atoms with Gasteiger partial charge < -0.3 is 10.8 Å². The highest BCUT2D eigenvalue weighted by Gasteiger charge is 2.37. The molecule has 0 bridgehead atoms. The highest BCUT2D eigenvalue weighted by molar-refractivity contribution is 5.79. The second-order valence-electron chi connectivity index (χ2n) is 8.52. The lowest BCUT2D eigenvalue weighted by Gasteiger charge is -2.36.